The van der Waals surface area contributed by atoms with Gasteiger partial charge in [0, 0.05) is 44.5 Å². The smallest absolute Gasteiger partial charge is 0.370 e. The fourth-order valence-corrected chi connectivity index (χ4v) is 4.28. The molecule has 3 heterocycles. The lowest BCUT2D eigenvalue weighted by molar-refractivity contribution is -0.137. The van der Waals surface area contributed by atoms with Crippen molar-refractivity contribution in [2.75, 3.05) is 41.3 Å². The van der Waals surface area contributed by atoms with Gasteiger partial charge in [-0.15, -0.1) is 0 Å². The van der Waals surface area contributed by atoms with Gasteiger partial charge < -0.3 is 15.1 Å². The molecule has 0 spiro atoms. The number of benzene rings is 1. The molecule has 6 nitrogen and oxygen atoms in total. The van der Waals surface area contributed by atoms with Crippen LogP contribution in [0.3, 0.4) is 0 Å². The lowest BCUT2D eigenvalue weighted by atomic mass is 9.95. The zero-order valence-electron chi connectivity index (χ0n) is 17.2. The molecule has 0 unspecified atom stereocenters. The molecule has 166 valence electrons. The van der Waals surface area contributed by atoms with Crippen LogP contribution in [0.5, 0.6) is 0 Å². The number of rotatable bonds is 4. The summed E-state index contributed by atoms with van der Waals surface area (Å²) < 4.78 is 39.9. The summed E-state index contributed by atoms with van der Waals surface area (Å²) in [5.74, 6) is 0.291. The van der Waals surface area contributed by atoms with Gasteiger partial charge in [-0.25, -0.2) is 4.98 Å². The first-order chi connectivity index (χ1) is 14.9. The van der Waals surface area contributed by atoms with Crippen LogP contribution in [0.25, 0.3) is 0 Å². The number of nitrogens with zero attached hydrogens (tertiary/aromatic N) is 4. The lowest BCUT2D eigenvalue weighted by Gasteiger charge is -2.33. The fraction of sp³-hybridized carbons (Fsp3) is 0.500. The Labute approximate surface area is 179 Å². The normalized spacial score (nSPS) is 18.2. The Kier molecular flexibility index (Phi) is 6.29. The maximum Gasteiger partial charge on any atom is 0.416 e. The number of amides is 1. The number of alkyl halides is 3. The van der Waals surface area contributed by atoms with Crippen molar-refractivity contribution < 1.29 is 18.0 Å². The maximum atomic E-state index is 13.3. The molecule has 1 amide bonds. The number of hydrogen-bond acceptors (Lipinski definition) is 5. The third kappa shape index (κ3) is 5.08. The molecular weight excluding hydrogens is 407 g/mol. The molecule has 4 rings (SSSR count). The molecule has 1 N–H and O–H groups in total. The standard InChI is InChI=1S/C22H26F3N5O/c23-22(24,25)17-4-5-19(29-10-2-1-3-11-29)18(14-17)28-21(31)16-6-12-30(13-7-16)20-15-26-8-9-27-20/h4-5,8-9,14-16H,1-3,6-7,10-13H2,(H,28,31). The second-order valence-electron chi connectivity index (χ2n) is 8.09. The minimum atomic E-state index is -4.46. The number of carbonyl (C=O) groups excluding carboxylic acids is 1. The van der Waals surface area contributed by atoms with Crippen LogP contribution in [0.1, 0.15) is 37.7 Å². The fourth-order valence-electron chi connectivity index (χ4n) is 4.28. The van der Waals surface area contributed by atoms with Crippen molar-refractivity contribution >= 4 is 23.1 Å². The maximum absolute atomic E-state index is 13.3. The minimum absolute atomic E-state index is 0.226. The van der Waals surface area contributed by atoms with Gasteiger partial charge in [0.2, 0.25) is 5.91 Å². The molecule has 2 aliphatic rings. The van der Waals surface area contributed by atoms with Crippen LogP contribution >= 0.6 is 0 Å². The first-order valence-corrected chi connectivity index (χ1v) is 10.7. The first kappa shape index (κ1) is 21.4. The van der Waals surface area contributed by atoms with Crippen LogP contribution in [-0.2, 0) is 11.0 Å². The number of anilines is 3. The molecule has 0 saturated carbocycles. The molecule has 0 aliphatic carbocycles. The van der Waals surface area contributed by atoms with Crippen molar-refractivity contribution in [3.05, 3.63) is 42.4 Å². The Balaban J connectivity index is 1.47. The van der Waals surface area contributed by atoms with Gasteiger partial charge >= 0.3 is 6.18 Å². The minimum Gasteiger partial charge on any atom is -0.370 e. The topological polar surface area (TPSA) is 61.4 Å². The van der Waals surface area contributed by atoms with Crippen molar-refractivity contribution in [2.24, 2.45) is 5.92 Å². The largest absolute Gasteiger partial charge is 0.416 e. The van der Waals surface area contributed by atoms with Crippen LogP contribution in [0.15, 0.2) is 36.8 Å². The number of halogens is 3. The number of piperidine rings is 2. The third-order valence-corrected chi connectivity index (χ3v) is 6.02. The quantitative estimate of drug-likeness (QED) is 0.777. The highest BCUT2D eigenvalue weighted by molar-refractivity contribution is 5.96. The van der Waals surface area contributed by atoms with Gasteiger partial charge in [0.05, 0.1) is 23.1 Å². The zero-order valence-corrected chi connectivity index (χ0v) is 17.2. The Morgan fingerprint density at radius 1 is 1.00 bits per heavy atom. The van der Waals surface area contributed by atoms with E-state index in [1.165, 1.54) is 6.07 Å². The van der Waals surface area contributed by atoms with E-state index in [9.17, 15) is 18.0 Å². The van der Waals surface area contributed by atoms with Gasteiger partial charge in [-0.1, -0.05) is 0 Å². The highest BCUT2D eigenvalue weighted by atomic mass is 19.4. The van der Waals surface area contributed by atoms with E-state index >= 15 is 0 Å². The predicted molar refractivity (Wildman–Crippen MR) is 113 cm³/mol. The van der Waals surface area contributed by atoms with Gasteiger partial charge in [-0.05, 0) is 50.3 Å². The second-order valence-corrected chi connectivity index (χ2v) is 8.09. The summed E-state index contributed by atoms with van der Waals surface area (Å²) in [4.78, 5) is 25.4. The van der Waals surface area contributed by atoms with Gasteiger partial charge in [-0.3, -0.25) is 9.78 Å². The van der Waals surface area contributed by atoms with Crippen LogP contribution in [0, 0.1) is 5.92 Å². The summed E-state index contributed by atoms with van der Waals surface area (Å²) in [7, 11) is 0. The van der Waals surface area contributed by atoms with Gasteiger partial charge in [0.1, 0.15) is 5.82 Å². The molecule has 9 heteroatoms. The summed E-state index contributed by atoms with van der Waals surface area (Å²) in [6.45, 7) is 2.87. The average molecular weight is 433 g/mol. The number of carbonyl (C=O) groups is 1. The molecule has 2 aromatic rings. The Morgan fingerprint density at radius 2 is 1.74 bits per heavy atom. The molecule has 1 aromatic heterocycles. The van der Waals surface area contributed by atoms with Crippen molar-refractivity contribution in [3.63, 3.8) is 0 Å². The Bertz CT molecular complexity index is 892. The molecular formula is C22H26F3N5O. The van der Waals surface area contributed by atoms with E-state index in [1.54, 1.807) is 18.6 Å². The van der Waals surface area contributed by atoms with Gasteiger partial charge in [0.25, 0.3) is 0 Å². The highest BCUT2D eigenvalue weighted by Crippen LogP contribution is 2.37. The summed E-state index contributed by atoms with van der Waals surface area (Å²) in [6.07, 6.45) is 4.80. The summed E-state index contributed by atoms with van der Waals surface area (Å²) in [5, 5.41) is 2.82. The van der Waals surface area contributed by atoms with Crippen molar-refractivity contribution in [3.8, 4) is 0 Å². The molecule has 0 bridgehead atoms. The molecule has 0 atom stereocenters. The van der Waals surface area contributed by atoms with Crippen molar-refractivity contribution in [1.82, 2.24) is 9.97 Å². The molecule has 31 heavy (non-hydrogen) atoms. The van der Waals surface area contributed by atoms with E-state index in [1.807, 2.05) is 0 Å². The summed E-state index contributed by atoms with van der Waals surface area (Å²) >= 11 is 0. The van der Waals surface area contributed by atoms with Crippen molar-refractivity contribution in [1.29, 1.82) is 0 Å². The van der Waals surface area contributed by atoms with E-state index < -0.39 is 11.7 Å². The Hall–Kier alpha value is -2.84. The van der Waals surface area contributed by atoms with Crippen LogP contribution in [0.2, 0.25) is 0 Å². The second kappa shape index (κ2) is 9.11. The molecule has 2 fully saturated rings. The van der Waals surface area contributed by atoms with Gasteiger partial charge in [-0.2, -0.15) is 13.2 Å². The highest BCUT2D eigenvalue weighted by Gasteiger charge is 2.32. The van der Waals surface area contributed by atoms with E-state index in [4.69, 9.17) is 0 Å². The number of nitrogens with one attached hydrogen (secondary N) is 1. The van der Waals surface area contributed by atoms with E-state index in [0.29, 0.717) is 31.6 Å². The SMILES string of the molecule is O=C(Nc1cc(C(F)(F)F)ccc1N1CCCCC1)C1CCN(c2cnccn2)CC1. The van der Waals surface area contributed by atoms with E-state index in [-0.39, 0.29) is 17.5 Å². The first-order valence-electron chi connectivity index (χ1n) is 10.7. The summed E-state index contributed by atoms with van der Waals surface area (Å²) in [6, 6.07) is 3.65. The predicted octanol–water partition coefficient (Wildman–Crippen LogP) is 4.34. The zero-order chi connectivity index (χ0) is 21.8. The number of hydrogen-bond donors (Lipinski definition) is 1. The molecule has 0 radical (unpaired) electrons. The van der Waals surface area contributed by atoms with E-state index in [2.05, 4.69) is 25.1 Å². The Morgan fingerprint density at radius 3 is 2.39 bits per heavy atom. The van der Waals surface area contributed by atoms with Crippen LogP contribution in [-0.4, -0.2) is 42.1 Å². The molecule has 1 aromatic carbocycles. The van der Waals surface area contributed by atoms with Gasteiger partial charge in [0.15, 0.2) is 0 Å². The van der Waals surface area contributed by atoms with Crippen LogP contribution in [0.4, 0.5) is 30.4 Å². The van der Waals surface area contributed by atoms with E-state index in [0.717, 1.165) is 50.3 Å². The molecule has 2 saturated heterocycles. The number of aromatic nitrogens is 2. The molecule has 2 aliphatic heterocycles. The average Bonchev–Trinajstić information content (AvgIpc) is 2.80. The monoisotopic (exact) mass is 433 g/mol. The van der Waals surface area contributed by atoms with Crippen molar-refractivity contribution in [2.45, 2.75) is 38.3 Å². The lowest BCUT2D eigenvalue weighted by Crippen LogP contribution is -2.39. The van der Waals surface area contributed by atoms with Crippen LogP contribution < -0.4 is 15.1 Å². The summed E-state index contributed by atoms with van der Waals surface area (Å²) in [5.41, 5.74) is 0.164. The third-order valence-electron chi connectivity index (χ3n) is 6.02.